The number of hydrogen-bond acceptors (Lipinski definition) is 4. The molecule has 0 bridgehead atoms. The molecule has 1 atom stereocenters. The molecule has 7 heteroatoms. The number of aryl methyl sites for hydroxylation is 1. The summed E-state index contributed by atoms with van der Waals surface area (Å²) in [6, 6.07) is 17.3. The van der Waals surface area contributed by atoms with Crippen LogP contribution in [0.2, 0.25) is 0 Å². The number of nitrogens with one attached hydrogen (secondary N) is 2. The van der Waals surface area contributed by atoms with Crippen molar-refractivity contribution in [1.82, 2.24) is 15.3 Å². The predicted octanol–water partition coefficient (Wildman–Crippen LogP) is 1.78. The summed E-state index contributed by atoms with van der Waals surface area (Å²) in [5.74, 6) is -1.95. The van der Waals surface area contributed by atoms with Gasteiger partial charge in [0.25, 0.3) is 11.8 Å². The molecule has 3 rings (SSSR count). The Kier molecular flexibility index (Phi) is 5.64. The van der Waals surface area contributed by atoms with Crippen LogP contribution < -0.4 is 11.1 Å². The molecule has 142 valence electrons. The number of aromatic nitrogens is 2. The first-order valence-electron chi connectivity index (χ1n) is 8.76. The fraction of sp³-hybridized carbons (Fsp3) is 0.143. The molecule has 0 aliphatic rings. The van der Waals surface area contributed by atoms with Crippen molar-refractivity contribution in [3.05, 3.63) is 77.7 Å². The zero-order valence-electron chi connectivity index (χ0n) is 15.3. The first-order chi connectivity index (χ1) is 13.5. The van der Waals surface area contributed by atoms with Gasteiger partial charge in [-0.1, -0.05) is 60.7 Å². The number of benzene rings is 2. The van der Waals surface area contributed by atoms with E-state index in [1.165, 1.54) is 0 Å². The largest absolute Gasteiger partial charge is 0.363 e. The molecule has 7 nitrogen and oxygen atoms in total. The molecular weight excluding hydrogens is 356 g/mol. The molecule has 0 aliphatic heterocycles. The normalized spacial score (nSPS) is 11.6. The van der Waals surface area contributed by atoms with Crippen molar-refractivity contribution in [3.8, 4) is 11.3 Å². The number of primary amides is 1. The average molecular weight is 376 g/mol. The van der Waals surface area contributed by atoms with Gasteiger partial charge in [-0.25, -0.2) is 4.98 Å². The van der Waals surface area contributed by atoms with Crippen molar-refractivity contribution in [1.29, 1.82) is 0 Å². The van der Waals surface area contributed by atoms with Crippen LogP contribution in [0.1, 0.15) is 21.9 Å². The van der Waals surface area contributed by atoms with Gasteiger partial charge < -0.3 is 16.0 Å². The van der Waals surface area contributed by atoms with Crippen molar-refractivity contribution in [2.45, 2.75) is 19.4 Å². The molecule has 4 N–H and O–H groups in total. The van der Waals surface area contributed by atoms with Crippen molar-refractivity contribution in [2.75, 3.05) is 0 Å². The molecule has 1 aromatic heterocycles. The highest BCUT2D eigenvalue weighted by molar-refractivity contribution is 6.38. The lowest BCUT2D eigenvalue weighted by Gasteiger charge is -2.16. The second kappa shape index (κ2) is 8.30. The highest BCUT2D eigenvalue weighted by Gasteiger charge is 2.28. The number of carbonyl (C=O) groups is 3. The van der Waals surface area contributed by atoms with Crippen LogP contribution in [-0.4, -0.2) is 33.6 Å². The van der Waals surface area contributed by atoms with E-state index >= 15 is 0 Å². The number of carbonyl (C=O) groups excluding carboxylic acids is 3. The SMILES string of the molecule is Cc1nc(C(=O)NC(Cc2ccccc2)C(=O)C(N)=O)c(-c2ccccc2)[nH]1. The van der Waals surface area contributed by atoms with Gasteiger partial charge in [0, 0.05) is 12.0 Å². The van der Waals surface area contributed by atoms with Gasteiger partial charge >= 0.3 is 0 Å². The lowest BCUT2D eigenvalue weighted by atomic mass is 10.0. The number of ketones is 1. The lowest BCUT2D eigenvalue weighted by molar-refractivity contribution is -0.137. The van der Waals surface area contributed by atoms with Crippen LogP contribution in [0.15, 0.2) is 60.7 Å². The summed E-state index contributed by atoms with van der Waals surface area (Å²) in [6.45, 7) is 1.74. The van der Waals surface area contributed by atoms with Gasteiger partial charge in [-0.05, 0) is 12.5 Å². The van der Waals surface area contributed by atoms with Gasteiger partial charge in [0.2, 0.25) is 5.78 Å². The Morgan fingerprint density at radius 1 is 1.04 bits per heavy atom. The van der Waals surface area contributed by atoms with Crippen molar-refractivity contribution < 1.29 is 14.4 Å². The van der Waals surface area contributed by atoms with E-state index in [0.717, 1.165) is 11.1 Å². The zero-order valence-corrected chi connectivity index (χ0v) is 15.3. The van der Waals surface area contributed by atoms with Crippen LogP contribution in [-0.2, 0) is 16.0 Å². The van der Waals surface area contributed by atoms with E-state index < -0.39 is 23.6 Å². The Morgan fingerprint density at radius 2 is 1.64 bits per heavy atom. The van der Waals surface area contributed by atoms with Crippen LogP contribution in [0.25, 0.3) is 11.3 Å². The van der Waals surface area contributed by atoms with E-state index in [4.69, 9.17) is 5.73 Å². The second-order valence-electron chi connectivity index (χ2n) is 6.36. The fourth-order valence-electron chi connectivity index (χ4n) is 2.93. The standard InChI is InChI=1S/C21H20N4O3/c1-13-23-17(15-10-6-3-7-11-15)18(24-13)21(28)25-16(19(26)20(22)27)12-14-8-4-2-5-9-14/h2-11,16H,12H2,1H3,(H2,22,27)(H,23,24)(H,25,28). The van der Waals surface area contributed by atoms with Crippen molar-refractivity contribution in [3.63, 3.8) is 0 Å². The van der Waals surface area contributed by atoms with E-state index in [1.54, 1.807) is 6.92 Å². The predicted molar refractivity (Wildman–Crippen MR) is 104 cm³/mol. The van der Waals surface area contributed by atoms with E-state index in [2.05, 4.69) is 15.3 Å². The van der Waals surface area contributed by atoms with Crippen LogP contribution in [0.3, 0.4) is 0 Å². The van der Waals surface area contributed by atoms with Crippen molar-refractivity contribution >= 4 is 17.6 Å². The molecule has 0 radical (unpaired) electrons. The summed E-state index contributed by atoms with van der Waals surface area (Å²) in [5, 5.41) is 2.61. The molecule has 0 spiro atoms. The third kappa shape index (κ3) is 4.32. The minimum atomic E-state index is -1.09. The number of imidazole rings is 1. The molecule has 0 fully saturated rings. The Labute approximate surface area is 162 Å². The van der Waals surface area contributed by atoms with Gasteiger partial charge in [-0.15, -0.1) is 0 Å². The van der Waals surface area contributed by atoms with Crippen LogP contribution >= 0.6 is 0 Å². The summed E-state index contributed by atoms with van der Waals surface area (Å²) in [6.07, 6.45) is 0.151. The number of rotatable bonds is 7. The summed E-state index contributed by atoms with van der Waals surface area (Å²) >= 11 is 0. The molecule has 0 aliphatic carbocycles. The molecule has 3 aromatic rings. The summed E-state index contributed by atoms with van der Waals surface area (Å²) in [7, 11) is 0. The average Bonchev–Trinajstić information content (AvgIpc) is 3.10. The molecular formula is C21H20N4O3. The van der Waals surface area contributed by atoms with Gasteiger partial charge in [0.1, 0.15) is 11.9 Å². The smallest absolute Gasteiger partial charge is 0.287 e. The zero-order chi connectivity index (χ0) is 20.1. The van der Waals surface area contributed by atoms with Gasteiger partial charge in [-0.3, -0.25) is 14.4 Å². The molecule has 2 aromatic carbocycles. The Balaban J connectivity index is 1.88. The maximum Gasteiger partial charge on any atom is 0.287 e. The Bertz CT molecular complexity index is 997. The summed E-state index contributed by atoms with van der Waals surface area (Å²) in [4.78, 5) is 43.9. The maximum absolute atomic E-state index is 12.9. The highest BCUT2D eigenvalue weighted by Crippen LogP contribution is 2.21. The topological polar surface area (TPSA) is 118 Å². The third-order valence-electron chi connectivity index (χ3n) is 4.25. The van der Waals surface area contributed by atoms with Crippen LogP contribution in [0.4, 0.5) is 0 Å². The summed E-state index contributed by atoms with van der Waals surface area (Å²) < 4.78 is 0. The molecule has 28 heavy (non-hydrogen) atoms. The Hall–Kier alpha value is -3.74. The van der Waals surface area contributed by atoms with Crippen molar-refractivity contribution in [2.24, 2.45) is 5.73 Å². The minimum Gasteiger partial charge on any atom is -0.363 e. The lowest BCUT2D eigenvalue weighted by Crippen LogP contribution is -2.47. The number of Topliss-reactive ketones (excluding diaryl/α,β-unsaturated/α-hetero) is 1. The van der Waals surface area contributed by atoms with E-state index in [-0.39, 0.29) is 12.1 Å². The monoisotopic (exact) mass is 376 g/mol. The van der Waals surface area contributed by atoms with Gasteiger partial charge in [-0.2, -0.15) is 0 Å². The van der Waals surface area contributed by atoms with Gasteiger partial charge in [0.05, 0.1) is 5.69 Å². The van der Waals surface area contributed by atoms with Gasteiger partial charge in [0.15, 0.2) is 5.69 Å². The number of nitrogens with zero attached hydrogens (tertiary/aromatic N) is 1. The summed E-state index contributed by atoms with van der Waals surface area (Å²) in [5.41, 5.74) is 7.44. The maximum atomic E-state index is 12.9. The second-order valence-corrected chi connectivity index (χ2v) is 6.36. The number of aromatic amines is 1. The fourth-order valence-corrected chi connectivity index (χ4v) is 2.93. The minimum absolute atomic E-state index is 0.151. The molecule has 1 heterocycles. The van der Waals surface area contributed by atoms with E-state index in [9.17, 15) is 14.4 Å². The van der Waals surface area contributed by atoms with Crippen LogP contribution in [0.5, 0.6) is 0 Å². The molecule has 1 unspecified atom stereocenters. The van der Waals surface area contributed by atoms with E-state index in [1.807, 2.05) is 60.7 Å². The molecule has 0 saturated heterocycles. The molecule has 0 saturated carbocycles. The highest BCUT2D eigenvalue weighted by atomic mass is 16.2. The first kappa shape index (κ1) is 19.0. The number of hydrogen-bond donors (Lipinski definition) is 3. The quantitative estimate of drug-likeness (QED) is 0.545. The first-order valence-corrected chi connectivity index (χ1v) is 8.76. The van der Waals surface area contributed by atoms with E-state index in [0.29, 0.717) is 11.5 Å². The Morgan fingerprint density at radius 3 is 2.25 bits per heavy atom. The number of H-pyrrole nitrogens is 1. The number of amides is 2. The number of nitrogens with two attached hydrogens (primary N) is 1. The third-order valence-corrected chi connectivity index (χ3v) is 4.25. The van der Waals surface area contributed by atoms with Crippen LogP contribution in [0, 0.1) is 6.92 Å². The molecule has 2 amide bonds.